The average Bonchev–Trinajstić information content (AvgIpc) is 2.93. The summed E-state index contributed by atoms with van der Waals surface area (Å²) in [6, 6.07) is 9.61. The maximum Gasteiger partial charge on any atom is 0.407 e. The van der Waals surface area contributed by atoms with E-state index in [1.165, 1.54) is 0 Å². The molecule has 140 valence electrons. The molecule has 0 saturated carbocycles. The summed E-state index contributed by atoms with van der Waals surface area (Å²) in [7, 11) is 0. The van der Waals surface area contributed by atoms with Gasteiger partial charge in [-0.25, -0.2) is 14.8 Å². The molecular formula is C19H21N5O3. The van der Waals surface area contributed by atoms with E-state index in [4.69, 9.17) is 4.74 Å². The minimum atomic E-state index is -0.480. The summed E-state index contributed by atoms with van der Waals surface area (Å²) in [4.78, 5) is 34.5. The number of likely N-dealkylation sites (tertiary alicyclic amines) is 1. The van der Waals surface area contributed by atoms with Crippen LogP contribution in [0.3, 0.4) is 0 Å². The van der Waals surface area contributed by atoms with E-state index in [2.05, 4.69) is 20.6 Å². The van der Waals surface area contributed by atoms with Crippen LogP contribution in [0.4, 0.5) is 16.4 Å². The fourth-order valence-corrected chi connectivity index (χ4v) is 3.49. The molecule has 1 aromatic carbocycles. The highest BCUT2D eigenvalue weighted by Gasteiger charge is 2.41. The maximum absolute atomic E-state index is 12.8. The van der Waals surface area contributed by atoms with Crippen LogP contribution in [-0.2, 0) is 4.74 Å². The Labute approximate surface area is 156 Å². The number of nitrogens with zero attached hydrogens (tertiary/aromatic N) is 3. The fraction of sp³-hybridized carbons (Fsp3) is 0.368. The van der Waals surface area contributed by atoms with Gasteiger partial charge in [0.15, 0.2) is 0 Å². The van der Waals surface area contributed by atoms with Gasteiger partial charge < -0.3 is 20.3 Å². The van der Waals surface area contributed by atoms with Crippen molar-refractivity contribution in [3.63, 3.8) is 0 Å². The van der Waals surface area contributed by atoms with E-state index in [0.717, 1.165) is 18.5 Å². The molecular weight excluding hydrogens is 346 g/mol. The van der Waals surface area contributed by atoms with Crippen LogP contribution < -0.4 is 10.6 Å². The van der Waals surface area contributed by atoms with Gasteiger partial charge in [0.25, 0.3) is 5.91 Å². The van der Waals surface area contributed by atoms with Gasteiger partial charge in [-0.2, -0.15) is 0 Å². The van der Waals surface area contributed by atoms with E-state index < -0.39 is 5.60 Å². The van der Waals surface area contributed by atoms with Crippen LogP contribution in [0.5, 0.6) is 0 Å². The Morgan fingerprint density at radius 3 is 2.63 bits per heavy atom. The number of amides is 2. The van der Waals surface area contributed by atoms with Crippen LogP contribution in [-0.4, -0.2) is 52.1 Å². The highest BCUT2D eigenvalue weighted by Crippen LogP contribution is 2.29. The van der Waals surface area contributed by atoms with Gasteiger partial charge in [0, 0.05) is 37.6 Å². The number of benzene rings is 1. The van der Waals surface area contributed by atoms with Crippen LogP contribution in [0.25, 0.3) is 0 Å². The number of rotatable bonds is 3. The van der Waals surface area contributed by atoms with Crippen LogP contribution in [0, 0.1) is 0 Å². The summed E-state index contributed by atoms with van der Waals surface area (Å²) < 4.78 is 5.45. The lowest BCUT2D eigenvalue weighted by molar-refractivity contribution is 0.0438. The summed E-state index contributed by atoms with van der Waals surface area (Å²) in [5.41, 5.74) is 0.853. The van der Waals surface area contributed by atoms with Crippen molar-refractivity contribution < 1.29 is 14.3 Å². The van der Waals surface area contributed by atoms with E-state index in [-0.39, 0.29) is 12.0 Å². The molecule has 2 N–H and O–H groups in total. The molecule has 0 radical (unpaired) electrons. The molecule has 1 spiro atoms. The van der Waals surface area contributed by atoms with Gasteiger partial charge in [0.1, 0.15) is 5.60 Å². The Balaban J connectivity index is 1.40. The van der Waals surface area contributed by atoms with Crippen molar-refractivity contribution in [1.82, 2.24) is 20.2 Å². The Morgan fingerprint density at radius 2 is 1.93 bits per heavy atom. The number of para-hydroxylation sites is 1. The number of hydrogen-bond acceptors (Lipinski definition) is 6. The molecule has 8 nitrogen and oxygen atoms in total. The van der Waals surface area contributed by atoms with Crippen molar-refractivity contribution in [3.8, 4) is 0 Å². The fourth-order valence-electron chi connectivity index (χ4n) is 3.49. The first-order chi connectivity index (χ1) is 13.1. The van der Waals surface area contributed by atoms with Crippen molar-refractivity contribution in [2.45, 2.75) is 24.9 Å². The molecule has 2 saturated heterocycles. The quantitative estimate of drug-likeness (QED) is 0.864. The molecule has 1 aromatic heterocycles. The first kappa shape index (κ1) is 17.3. The predicted octanol–water partition coefficient (Wildman–Crippen LogP) is 2.32. The number of carbonyl (C=O) groups excluding carboxylic acids is 2. The number of anilines is 2. The van der Waals surface area contributed by atoms with Crippen molar-refractivity contribution >= 4 is 23.6 Å². The zero-order valence-electron chi connectivity index (χ0n) is 14.9. The molecule has 2 aliphatic heterocycles. The topological polar surface area (TPSA) is 96.5 Å². The second kappa shape index (κ2) is 7.22. The largest absolute Gasteiger partial charge is 0.441 e. The monoisotopic (exact) mass is 367 g/mol. The highest BCUT2D eigenvalue weighted by atomic mass is 16.6. The SMILES string of the molecule is O=C1NC[C@@]2(CCCN(C(=O)c3cnc(Nc4ccccc4)nc3)CC2)O1. The van der Waals surface area contributed by atoms with Crippen LogP contribution >= 0.6 is 0 Å². The van der Waals surface area contributed by atoms with Crippen molar-refractivity contribution in [2.75, 3.05) is 25.0 Å². The molecule has 2 aliphatic rings. The van der Waals surface area contributed by atoms with Crippen LogP contribution in [0.2, 0.25) is 0 Å². The molecule has 0 aliphatic carbocycles. The normalized spacial score (nSPS) is 22.1. The summed E-state index contributed by atoms with van der Waals surface area (Å²) in [5.74, 6) is 0.340. The second-order valence-electron chi connectivity index (χ2n) is 6.86. The Kier molecular flexibility index (Phi) is 4.62. The number of nitrogens with one attached hydrogen (secondary N) is 2. The number of ether oxygens (including phenoxy) is 1. The first-order valence-electron chi connectivity index (χ1n) is 9.04. The number of carbonyl (C=O) groups is 2. The highest BCUT2D eigenvalue weighted by molar-refractivity contribution is 5.93. The van der Waals surface area contributed by atoms with Gasteiger partial charge in [0.05, 0.1) is 12.1 Å². The van der Waals surface area contributed by atoms with Crippen LogP contribution in [0.15, 0.2) is 42.7 Å². The predicted molar refractivity (Wildman–Crippen MR) is 98.7 cm³/mol. The number of alkyl carbamates (subject to hydrolysis) is 1. The van der Waals surface area contributed by atoms with Crippen molar-refractivity contribution in [3.05, 3.63) is 48.3 Å². The third-order valence-corrected chi connectivity index (χ3v) is 4.98. The molecule has 2 aromatic rings. The van der Waals surface area contributed by atoms with Gasteiger partial charge in [-0.15, -0.1) is 0 Å². The molecule has 2 amide bonds. The summed E-state index contributed by atoms with van der Waals surface area (Å²) in [5, 5.41) is 5.81. The molecule has 0 bridgehead atoms. The molecule has 0 unspecified atom stereocenters. The van der Waals surface area contributed by atoms with E-state index in [0.29, 0.717) is 37.6 Å². The standard InChI is InChI=1S/C19H21N5O3/c25-16(24-9-4-7-19(8-10-24)13-22-18(26)27-19)14-11-20-17(21-12-14)23-15-5-2-1-3-6-15/h1-3,5-6,11-12H,4,7-10,13H2,(H,22,26)(H,20,21,23)/t19-/m0/s1. The minimum absolute atomic E-state index is 0.101. The van der Waals surface area contributed by atoms with E-state index in [1.807, 2.05) is 30.3 Å². The minimum Gasteiger partial charge on any atom is -0.441 e. The zero-order chi connectivity index (χ0) is 18.7. The maximum atomic E-state index is 12.8. The Bertz CT molecular complexity index is 827. The van der Waals surface area contributed by atoms with E-state index in [1.54, 1.807) is 17.3 Å². The van der Waals surface area contributed by atoms with Gasteiger partial charge in [0.2, 0.25) is 5.95 Å². The molecule has 4 rings (SSSR count). The smallest absolute Gasteiger partial charge is 0.407 e. The Hall–Kier alpha value is -3.16. The van der Waals surface area contributed by atoms with Gasteiger partial charge in [-0.1, -0.05) is 18.2 Å². The third kappa shape index (κ3) is 3.84. The zero-order valence-corrected chi connectivity index (χ0v) is 14.9. The number of aromatic nitrogens is 2. The third-order valence-electron chi connectivity index (χ3n) is 4.98. The number of hydrogen-bond donors (Lipinski definition) is 2. The molecule has 1 atom stereocenters. The van der Waals surface area contributed by atoms with Gasteiger partial charge >= 0.3 is 6.09 Å². The lowest BCUT2D eigenvalue weighted by atomic mass is 9.95. The van der Waals surface area contributed by atoms with Gasteiger partial charge in [-0.3, -0.25) is 4.79 Å². The molecule has 8 heteroatoms. The summed E-state index contributed by atoms with van der Waals surface area (Å²) in [6.45, 7) is 1.68. The molecule has 27 heavy (non-hydrogen) atoms. The van der Waals surface area contributed by atoms with Crippen molar-refractivity contribution in [2.24, 2.45) is 0 Å². The average molecular weight is 367 g/mol. The lowest BCUT2D eigenvalue weighted by Gasteiger charge is -2.25. The second-order valence-corrected chi connectivity index (χ2v) is 6.86. The molecule has 3 heterocycles. The lowest BCUT2D eigenvalue weighted by Crippen LogP contribution is -2.36. The Morgan fingerprint density at radius 1 is 1.15 bits per heavy atom. The van der Waals surface area contributed by atoms with E-state index >= 15 is 0 Å². The van der Waals surface area contributed by atoms with Crippen molar-refractivity contribution in [1.29, 1.82) is 0 Å². The molecule has 2 fully saturated rings. The van der Waals surface area contributed by atoms with E-state index in [9.17, 15) is 9.59 Å². The van der Waals surface area contributed by atoms with Gasteiger partial charge in [-0.05, 0) is 25.0 Å². The van der Waals surface area contributed by atoms with Crippen LogP contribution in [0.1, 0.15) is 29.6 Å². The summed E-state index contributed by atoms with van der Waals surface area (Å²) in [6.07, 6.45) is 4.88. The first-order valence-corrected chi connectivity index (χ1v) is 9.04. The summed E-state index contributed by atoms with van der Waals surface area (Å²) >= 11 is 0.